The molecular formula is C20H18FNOS2. The Labute approximate surface area is 154 Å². The Hall–Kier alpha value is -2.11. The summed E-state index contributed by atoms with van der Waals surface area (Å²) in [6.45, 7) is 4.03. The summed E-state index contributed by atoms with van der Waals surface area (Å²) < 4.78 is 13.3. The monoisotopic (exact) mass is 371 g/mol. The predicted molar refractivity (Wildman–Crippen MR) is 105 cm³/mol. The maximum absolute atomic E-state index is 13.3. The van der Waals surface area contributed by atoms with Crippen molar-refractivity contribution in [3.63, 3.8) is 0 Å². The van der Waals surface area contributed by atoms with Crippen molar-refractivity contribution in [1.82, 2.24) is 0 Å². The van der Waals surface area contributed by atoms with E-state index in [1.54, 1.807) is 23.9 Å². The van der Waals surface area contributed by atoms with E-state index in [1.807, 2.05) is 6.92 Å². The first-order chi connectivity index (χ1) is 12.0. The van der Waals surface area contributed by atoms with E-state index < -0.39 is 5.91 Å². The van der Waals surface area contributed by atoms with Crippen molar-refractivity contribution in [1.29, 1.82) is 0 Å². The van der Waals surface area contributed by atoms with Crippen molar-refractivity contribution >= 4 is 29.0 Å². The number of amides is 1. The summed E-state index contributed by atoms with van der Waals surface area (Å²) in [5, 5.41) is 0. The zero-order valence-electron chi connectivity index (χ0n) is 14.0. The minimum Gasteiger partial charge on any atom is -0.365 e. The largest absolute Gasteiger partial charge is 0.365 e. The van der Waals surface area contributed by atoms with Crippen LogP contribution in [0.4, 0.5) is 4.39 Å². The summed E-state index contributed by atoms with van der Waals surface area (Å²) in [6.07, 6.45) is 0. The molecule has 0 saturated carbocycles. The maximum Gasteiger partial charge on any atom is 0.259 e. The highest BCUT2D eigenvalue weighted by atomic mass is 32.2. The van der Waals surface area contributed by atoms with E-state index in [2.05, 4.69) is 31.2 Å². The van der Waals surface area contributed by atoms with Gasteiger partial charge in [-0.05, 0) is 53.6 Å². The number of benzene rings is 2. The zero-order valence-corrected chi connectivity index (χ0v) is 15.6. The lowest BCUT2D eigenvalue weighted by molar-refractivity contribution is 0.100. The van der Waals surface area contributed by atoms with E-state index in [-0.39, 0.29) is 5.82 Å². The second kappa shape index (κ2) is 7.42. The molecule has 1 amide bonds. The first-order valence-corrected chi connectivity index (χ1v) is 9.73. The molecule has 3 aromatic rings. The smallest absolute Gasteiger partial charge is 0.259 e. The molecular weight excluding hydrogens is 353 g/mol. The number of thiophene rings is 1. The van der Waals surface area contributed by atoms with Gasteiger partial charge in [0.15, 0.2) is 0 Å². The summed E-state index contributed by atoms with van der Waals surface area (Å²) in [5.74, 6) is 0.300. The molecule has 0 atom stereocenters. The van der Waals surface area contributed by atoms with Gasteiger partial charge in [0.2, 0.25) is 0 Å². The van der Waals surface area contributed by atoms with E-state index in [0.717, 1.165) is 32.9 Å². The lowest BCUT2D eigenvalue weighted by atomic mass is 9.98. The molecule has 0 aliphatic rings. The fraction of sp³-hybridized carbons (Fsp3) is 0.150. The van der Waals surface area contributed by atoms with E-state index in [0.29, 0.717) is 4.88 Å². The topological polar surface area (TPSA) is 43.1 Å². The molecule has 0 spiro atoms. The van der Waals surface area contributed by atoms with Crippen LogP contribution < -0.4 is 5.73 Å². The highest BCUT2D eigenvalue weighted by Gasteiger charge is 2.20. The Balaban J connectivity index is 2.16. The average Bonchev–Trinajstić information content (AvgIpc) is 2.94. The van der Waals surface area contributed by atoms with Gasteiger partial charge in [-0.3, -0.25) is 4.79 Å². The lowest BCUT2D eigenvalue weighted by Gasteiger charge is -2.08. The van der Waals surface area contributed by atoms with Gasteiger partial charge in [0, 0.05) is 15.3 Å². The molecule has 2 aromatic carbocycles. The third-order valence-electron chi connectivity index (χ3n) is 3.93. The lowest BCUT2D eigenvalue weighted by Crippen LogP contribution is -2.10. The van der Waals surface area contributed by atoms with E-state index in [1.165, 1.54) is 28.4 Å². The Morgan fingerprint density at radius 3 is 2.24 bits per heavy atom. The number of halogens is 1. The molecule has 0 radical (unpaired) electrons. The Bertz CT molecular complexity index is 899. The third-order valence-corrected chi connectivity index (χ3v) is 6.18. The van der Waals surface area contributed by atoms with Crippen LogP contribution in [0.1, 0.15) is 22.2 Å². The second-order valence-corrected chi connectivity index (χ2v) is 7.95. The van der Waals surface area contributed by atoms with Gasteiger partial charge < -0.3 is 5.73 Å². The van der Waals surface area contributed by atoms with Crippen molar-refractivity contribution in [2.75, 3.05) is 5.75 Å². The van der Waals surface area contributed by atoms with Crippen molar-refractivity contribution in [2.45, 2.75) is 18.7 Å². The van der Waals surface area contributed by atoms with Crippen molar-refractivity contribution in [2.24, 2.45) is 5.73 Å². The molecule has 1 aromatic heterocycles. The van der Waals surface area contributed by atoms with E-state index in [9.17, 15) is 9.18 Å². The number of primary amides is 1. The minimum absolute atomic E-state index is 0.283. The molecule has 1 heterocycles. The molecule has 128 valence electrons. The van der Waals surface area contributed by atoms with Crippen LogP contribution in [0.25, 0.3) is 21.6 Å². The molecule has 0 fully saturated rings. The van der Waals surface area contributed by atoms with Gasteiger partial charge in [0.1, 0.15) is 5.82 Å². The molecule has 0 saturated heterocycles. The van der Waals surface area contributed by atoms with Gasteiger partial charge >= 0.3 is 0 Å². The Morgan fingerprint density at radius 1 is 1.08 bits per heavy atom. The van der Waals surface area contributed by atoms with Crippen LogP contribution in [-0.4, -0.2) is 11.7 Å². The first kappa shape index (κ1) is 17.7. The van der Waals surface area contributed by atoms with Crippen LogP contribution >= 0.6 is 23.1 Å². The van der Waals surface area contributed by atoms with Gasteiger partial charge in [-0.15, -0.1) is 23.1 Å². The first-order valence-electron chi connectivity index (χ1n) is 7.93. The van der Waals surface area contributed by atoms with E-state index in [4.69, 9.17) is 5.73 Å². The average molecular weight is 372 g/mol. The van der Waals surface area contributed by atoms with E-state index >= 15 is 0 Å². The Kier molecular flexibility index (Phi) is 5.25. The van der Waals surface area contributed by atoms with Crippen molar-refractivity contribution < 1.29 is 9.18 Å². The Morgan fingerprint density at radius 2 is 1.68 bits per heavy atom. The zero-order chi connectivity index (χ0) is 18.0. The van der Waals surface area contributed by atoms with Crippen LogP contribution in [0.5, 0.6) is 0 Å². The predicted octanol–water partition coefficient (Wildman–Crippen LogP) is 5.74. The highest BCUT2D eigenvalue weighted by Crippen LogP contribution is 2.43. The number of carbonyl (C=O) groups is 1. The van der Waals surface area contributed by atoms with Crippen LogP contribution in [-0.2, 0) is 0 Å². The van der Waals surface area contributed by atoms with Gasteiger partial charge in [-0.1, -0.05) is 31.2 Å². The molecule has 0 aliphatic heterocycles. The molecule has 3 rings (SSSR count). The standard InChI is InChI=1S/C20H18FNOS2/c1-3-24-16-10-6-13(7-11-16)17-12(2)18(20(22)23)25-19(17)14-4-8-15(21)9-5-14/h4-11H,3H2,1-2H3,(H2,22,23). The fourth-order valence-electron chi connectivity index (χ4n) is 2.79. The summed E-state index contributed by atoms with van der Waals surface area (Å²) in [6, 6.07) is 14.6. The molecule has 0 aliphatic carbocycles. The number of hydrogen-bond acceptors (Lipinski definition) is 3. The molecule has 2 nitrogen and oxygen atoms in total. The molecule has 0 unspecified atom stereocenters. The van der Waals surface area contributed by atoms with Gasteiger partial charge in [0.25, 0.3) is 5.91 Å². The quantitative estimate of drug-likeness (QED) is 0.581. The SMILES string of the molecule is CCSc1ccc(-c2c(-c3ccc(F)cc3)sc(C(N)=O)c2C)cc1. The highest BCUT2D eigenvalue weighted by molar-refractivity contribution is 7.99. The minimum atomic E-state index is -0.435. The number of thioether (sulfide) groups is 1. The van der Waals surface area contributed by atoms with Gasteiger partial charge in [-0.25, -0.2) is 4.39 Å². The van der Waals surface area contributed by atoms with Gasteiger partial charge in [-0.2, -0.15) is 0 Å². The molecule has 0 bridgehead atoms. The third kappa shape index (κ3) is 3.62. The molecule has 5 heteroatoms. The van der Waals surface area contributed by atoms with Crippen molar-refractivity contribution in [3.05, 3.63) is 64.8 Å². The normalized spacial score (nSPS) is 10.8. The summed E-state index contributed by atoms with van der Waals surface area (Å²) in [4.78, 5) is 14.5. The number of hydrogen-bond donors (Lipinski definition) is 1. The van der Waals surface area contributed by atoms with Crippen LogP contribution in [0.3, 0.4) is 0 Å². The number of carbonyl (C=O) groups excluding carboxylic acids is 1. The number of nitrogens with two attached hydrogens (primary N) is 1. The summed E-state index contributed by atoms with van der Waals surface area (Å²) >= 11 is 3.14. The summed E-state index contributed by atoms with van der Waals surface area (Å²) in [7, 11) is 0. The summed E-state index contributed by atoms with van der Waals surface area (Å²) in [5.41, 5.74) is 9.31. The fourth-order valence-corrected chi connectivity index (χ4v) is 4.63. The van der Waals surface area contributed by atoms with Crippen LogP contribution in [0.15, 0.2) is 53.4 Å². The molecule has 2 N–H and O–H groups in total. The van der Waals surface area contributed by atoms with Crippen molar-refractivity contribution in [3.8, 4) is 21.6 Å². The maximum atomic E-state index is 13.3. The number of rotatable bonds is 5. The molecule has 25 heavy (non-hydrogen) atoms. The van der Waals surface area contributed by atoms with Gasteiger partial charge in [0.05, 0.1) is 4.88 Å². The van der Waals surface area contributed by atoms with Crippen LogP contribution in [0, 0.1) is 12.7 Å². The second-order valence-electron chi connectivity index (χ2n) is 5.59. The van der Waals surface area contributed by atoms with Crippen LogP contribution in [0.2, 0.25) is 0 Å².